The first-order valence-electron chi connectivity index (χ1n) is 7.93. The molecule has 0 aromatic heterocycles. The summed E-state index contributed by atoms with van der Waals surface area (Å²) < 4.78 is 10.8. The Morgan fingerprint density at radius 2 is 1.83 bits per heavy atom. The number of amides is 1. The van der Waals surface area contributed by atoms with Crippen molar-refractivity contribution in [3.63, 3.8) is 0 Å². The van der Waals surface area contributed by atoms with Crippen LogP contribution >= 0.6 is 0 Å². The van der Waals surface area contributed by atoms with Gasteiger partial charge in [-0.2, -0.15) is 0 Å². The molecule has 0 fully saturated rings. The molecule has 0 unspecified atom stereocenters. The van der Waals surface area contributed by atoms with E-state index in [0.29, 0.717) is 18.6 Å². The number of nitrogens with one attached hydrogen (secondary N) is 1. The Labute approximate surface area is 140 Å². The van der Waals surface area contributed by atoms with Crippen LogP contribution in [0.4, 0.5) is 0 Å². The number of hydrogen-bond acceptors (Lipinski definition) is 4. The smallest absolute Gasteiger partial charge is 0.338 e. The molecule has 0 radical (unpaired) electrons. The summed E-state index contributed by atoms with van der Waals surface area (Å²) in [5.41, 5.74) is 1.37. The van der Waals surface area contributed by atoms with Crippen molar-refractivity contribution in [1.82, 2.24) is 5.32 Å². The third-order valence-electron chi connectivity index (χ3n) is 3.94. The number of para-hydroxylation sites is 1. The Bertz CT molecular complexity index is 729. The van der Waals surface area contributed by atoms with Crippen LogP contribution in [-0.4, -0.2) is 24.6 Å². The highest BCUT2D eigenvalue weighted by molar-refractivity contribution is 5.92. The maximum absolute atomic E-state index is 12.4. The summed E-state index contributed by atoms with van der Waals surface area (Å²) in [4.78, 5) is 24.4. The van der Waals surface area contributed by atoms with Crippen molar-refractivity contribution in [3.8, 4) is 5.75 Å². The Balaban J connectivity index is 1.62. The van der Waals surface area contributed by atoms with E-state index in [-0.39, 0.29) is 11.9 Å². The maximum Gasteiger partial charge on any atom is 0.338 e. The van der Waals surface area contributed by atoms with Crippen molar-refractivity contribution in [3.05, 3.63) is 65.7 Å². The second kappa shape index (κ2) is 7.17. The normalized spacial score (nSPS) is 17.1. The van der Waals surface area contributed by atoms with Crippen molar-refractivity contribution in [2.24, 2.45) is 0 Å². The zero-order valence-corrected chi connectivity index (χ0v) is 13.4. The van der Waals surface area contributed by atoms with Crippen LogP contribution < -0.4 is 10.1 Å². The lowest BCUT2D eigenvalue weighted by Crippen LogP contribution is -2.39. The van der Waals surface area contributed by atoms with Crippen LogP contribution in [0.1, 0.15) is 35.3 Å². The Kier molecular flexibility index (Phi) is 4.79. The molecule has 1 amide bonds. The zero-order chi connectivity index (χ0) is 16.9. The van der Waals surface area contributed by atoms with Crippen molar-refractivity contribution in [1.29, 1.82) is 0 Å². The van der Waals surface area contributed by atoms with Crippen molar-refractivity contribution in [2.75, 3.05) is 6.61 Å². The van der Waals surface area contributed by atoms with E-state index in [4.69, 9.17) is 9.47 Å². The highest BCUT2D eigenvalue weighted by Gasteiger charge is 2.26. The SMILES string of the molecule is C[C@@H](OC(=O)c1ccccc1)C(=O)N[C@H]1CCOc2ccccc21. The molecule has 5 heteroatoms. The van der Waals surface area contributed by atoms with Gasteiger partial charge in [0.1, 0.15) is 5.75 Å². The second-order valence-electron chi connectivity index (χ2n) is 5.65. The predicted octanol–water partition coefficient (Wildman–Crippen LogP) is 2.87. The number of ether oxygens (including phenoxy) is 2. The molecule has 2 aromatic rings. The number of carbonyl (C=O) groups is 2. The first-order valence-corrected chi connectivity index (χ1v) is 7.93. The van der Waals surface area contributed by atoms with Crippen LogP contribution in [0.5, 0.6) is 5.75 Å². The van der Waals surface area contributed by atoms with Gasteiger partial charge >= 0.3 is 5.97 Å². The van der Waals surface area contributed by atoms with E-state index in [2.05, 4.69) is 5.32 Å². The number of hydrogen-bond donors (Lipinski definition) is 1. The van der Waals surface area contributed by atoms with Crippen LogP contribution in [0.15, 0.2) is 54.6 Å². The number of benzene rings is 2. The lowest BCUT2D eigenvalue weighted by molar-refractivity contribution is -0.130. The van der Waals surface area contributed by atoms with E-state index in [0.717, 1.165) is 11.3 Å². The van der Waals surface area contributed by atoms with E-state index >= 15 is 0 Å². The molecule has 2 aromatic carbocycles. The fourth-order valence-corrected chi connectivity index (χ4v) is 2.64. The van der Waals surface area contributed by atoms with E-state index in [1.54, 1.807) is 31.2 Å². The van der Waals surface area contributed by atoms with Crippen molar-refractivity contribution in [2.45, 2.75) is 25.5 Å². The molecule has 1 N–H and O–H groups in total. The summed E-state index contributed by atoms with van der Waals surface area (Å²) in [5.74, 6) is -0.0467. The van der Waals surface area contributed by atoms with Crippen LogP contribution in [-0.2, 0) is 9.53 Å². The fourth-order valence-electron chi connectivity index (χ4n) is 2.64. The molecule has 0 aliphatic carbocycles. The molecule has 5 nitrogen and oxygen atoms in total. The third-order valence-corrected chi connectivity index (χ3v) is 3.94. The van der Waals surface area contributed by atoms with Gasteiger partial charge in [-0.05, 0) is 25.1 Å². The average Bonchev–Trinajstić information content (AvgIpc) is 2.62. The summed E-state index contributed by atoms with van der Waals surface area (Å²) in [6.45, 7) is 2.11. The van der Waals surface area contributed by atoms with E-state index < -0.39 is 12.1 Å². The topological polar surface area (TPSA) is 64.6 Å². The lowest BCUT2D eigenvalue weighted by atomic mass is 10.0. The summed E-state index contributed by atoms with van der Waals surface area (Å²) >= 11 is 0. The standard InChI is InChI=1S/C19H19NO4/c1-13(24-19(22)14-7-3-2-4-8-14)18(21)20-16-11-12-23-17-10-6-5-9-15(16)17/h2-10,13,16H,11-12H2,1H3,(H,20,21)/t13-,16+/m1/s1. The number of carbonyl (C=O) groups excluding carboxylic acids is 2. The van der Waals surface area contributed by atoms with Gasteiger partial charge in [-0.25, -0.2) is 4.79 Å². The third kappa shape index (κ3) is 3.56. The Morgan fingerprint density at radius 3 is 2.62 bits per heavy atom. The minimum atomic E-state index is -0.868. The molecule has 1 heterocycles. The summed E-state index contributed by atoms with van der Waals surface area (Å²) in [5, 5.41) is 2.94. The van der Waals surface area contributed by atoms with Gasteiger partial charge in [0, 0.05) is 12.0 Å². The van der Waals surface area contributed by atoms with Crippen LogP contribution in [0.25, 0.3) is 0 Å². The van der Waals surface area contributed by atoms with Crippen LogP contribution in [0, 0.1) is 0 Å². The summed E-state index contributed by atoms with van der Waals surface area (Å²) in [7, 11) is 0. The van der Waals surface area contributed by atoms with Gasteiger partial charge < -0.3 is 14.8 Å². The molecule has 0 spiro atoms. The molecular weight excluding hydrogens is 306 g/mol. The van der Waals surface area contributed by atoms with E-state index in [9.17, 15) is 9.59 Å². The highest BCUT2D eigenvalue weighted by Crippen LogP contribution is 2.31. The second-order valence-corrected chi connectivity index (χ2v) is 5.65. The summed E-state index contributed by atoms with van der Waals surface area (Å²) in [6.07, 6.45) is -0.185. The molecule has 24 heavy (non-hydrogen) atoms. The first kappa shape index (κ1) is 16.1. The zero-order valence-electron chi connectivity index (χ0n) is 13.4. The number of fused-ring (bicyclic) bond motifs is 1. The van der Waals surface area contributed by atoms with Crippen molar-refractivity contribution >= 4 is 11.9 Å². The molecule has 0 saturated heterocycles. The van der Waals surface area contributed by atoms with Gasteiger partial charge in [0.15, 0.2) is 6.10 Å². The fraction of sp³-hybridized carbons (Fsp3) is 0.263. The summed E-state index contributed by atoms with van der Waals surface area (Å²) in [6, 6.07) is 16.1. The van der Waals surface area contributed by atoms with Gasteiger partial charge in [0.2, 0.25) is 0 Å². The predicted molar refractivity (Wildman–Crippen MR) is 88.8 cm³/mol. The molecule has 3 rings (SSSR count). The minimum Gasteiger partial charge on any atom is -0.493 e. The molecule has 0 bridgehead atoms. The molecule has 0 saturated carbocycles. The Morgan fingerprint density at radius 1 is 1.12 bits per heavy atom. The van der Waals surface area contributed by atoms with E-state index in [1.807, 2.05) is 30.3 Å². The van der Waals surface area contributed by atoms with Crippen molar-refractivity contribution < 1.29 is 19.1 Å². The number of esters is 1. The van der Waals surface area contributed by atoms with E-state index in [1.165, 1.54) is 0 Å². The molecule has 1 aliphatic heterocycles. The Hall–Kier alpha value is -2.82. The molecule has 2 atom stereocenters. The number of rotatable bonds is 4. The maximum atomic E-state index is 12.4. The van der Waals surface area contributed by atoms with Crippen LogP contribution in [0.3, 0.4) is 0 Å². The van der Waals surface area contributed by atoms with Gasteiger partial charge in [0.05, 0.1) is 18.2 Å². The highest BCUT2D eigenvalue weighted by atomic mass is 16.5. The minimum absolute atomic E-state index is 0.139. The quantitative estimate of drug-likeness (QED) is 0.878. The molecule has 124 valence electrons. The molecule has 1 aliphatic rings. The van der Waals surface area contributed by atoms with Gasteiger partial charge in [-0.15, -0.1) is 0 Å². The van der Waals surface area contributed by atoms with Gasteiger partial charge in [-0.3, -0.25) is 4.79 Å². The van der Waals surface area contributed by atoms with Crippen LogP contribution in [0.2, 0.25) is 0 Å². The monoisotopic (exact) mass is 325 g/mol. The molecular formula is C19H19NO4. The largest absolute Gasteiger partial charge is 0.493 e. The first-order chi connectivity index (χ1) is 11.6. The van der Waals surface area contributed by atoms with Gasteiger partial charge in [0.25, 0.3) is 5.91 Å². The van der Waals surface area contributed by atoms with Gasteiger partial charge in [-0.1, -0.05) is 36.4 Å². The average molecular weight is 325 g/mol. The lowest BCUT2D eigenvalue weighted by Gasteiger charge is -2.27.